The molecule has 1 aromatic heterocycles. The molecule has 0 aromatic carbocycles. The van der Waals surface area contributed by atoms with Crippen LogP contribution in [0.25, 0.3) is 0 Å². The summed E-state index contributed by atoms with van der Waals surface area (Å²) >= 11 is 0. The van der Waals surface area contributed by atoms with Crippen molar-refractivity contribution in [3.8, 4) is 0 Å². The lowest BCUT2D eigenvalue weighted by atomic mass is 10.1. The molecule has 0 saturated carbocycles. The van der Waals surface area contributed by atoms with Crippen molar-refractivity contribution in [3.63, 3.8) is 0 Å². The van der Waals surface area contributed by atoms with Gasteiger partial charge in [0.25, 0.3) is 0 Å². The Morgan fingerprint density at radius 3 is 2.57 bits per heavy atom. The largest absolute Gasteiger partial charge is 0.329 e. The van der Waals surface area contributed by atoms with E-state index in [0.717, 1.165) is 12.8 Å². The molecule has 0 atom stereocenters. The zero-order chi connectivity index (χ0) is 17.1. The predicted octanol–water partition coefficient (Wildman–Crippen LogP) is 4.29. The van der Waals surface area contributed by atoms with Crippen LogP contribution in [-0.4, -0.2) is 21.3 Å². The Bertz CT molecular complexity index is 558. The summed E-state index contributed by atoms with van der Waals surface area (Å²) < 4.78 is 32.1. The Balaban J connectivity index is 2.50. The van der Waals surface area contributed by atoms with Crippen LogP contribution >= 0.6 is 17.4 Å². The summed E-state index contributed by atoms with van der Waals surface area (Å²) in [6, 6.07) is 0. The summed E-state index contributed by atoms with van der Waals surface area (Å²) in [5, 5.41) is 8.00. The van der Waals surface area contributed by atoms with Crippen molar-refractivity contribution in [2.24, 2.45) is 0 Å². The molecule has 126 valence electrons. The first-order valence-electron chi connectivity index (χ1n) is 7.20. The summed E-state index contributed by atoms with van der Waals surface area (Å²) in [6.45, 7) is 6.90. The first-order chi connectivity index (χ1) is 11.0. The second kappa shape index (κ2) is 11.3. The van der Waals surface area contributed by atoms with Gasteiger partial charge < -0.3 is 0 Å². The van der Waals surface area contributed by atoms with Gasteiger partial charge in [-0.1, -0.05) is 28.5 Å². The minimum atomic E-state index is -0.889. The summed E-state index contributed by atoms with van der Waals surface area (Å²) in [5.74, 6) is 0. The van der Waals surface area contributed by atoms with E-state index in [1.807, 2.05) is 0 Å². The van der Waals surface area contributed by atoms with Gasteiger partial charge in [0.1, 0.15) is 0 Å². The monoisotopic (exact) mass is 357 g/mol. The van der Waals surface area contributed by atoms with Crippen molar-refractivity contribution < 1.29 is 18.2 Å². The topological polar surface area (TPSA) is 83.3 Å². The van der Waals surface area contributed by atoms with Crippen molar-refractivity contribution in [3.05, 3.63) is 35.2 Å². The molecule has 0 fully saturated rings. The molecule has 0 unspecified atom stereocenters. The van der Waals surface area contributed by atoms with Crippen LogP contribution in [0.15, 0.2) is 29.5 Å². The standard InChI is InChI=1S/C14H21N3O4P2/c1-11(2)5-4-6-12(3)7-8-17-10-13(15-16-17)9-14(20-22-18)21-23-19/h5,7,10,14H,4,6,8-9H2,1-3H3. The second-order valence-electron chi connectivity index (χ2n) is 5.30. The number of aromatic nitrogens is 3. The summed E-state index contributed by atoms with van der Waals surface area (Å²) in [6.07, 6.45) is 7.45. The third-order valence-corrected chi connectivity index (χ3v) is 3.64. The Morgan fingerprint density at radius 2 is 1.96 bits per heavy atom. The molecule has 1 rings (SSSR count). The van der Waals surface area contributed by atoms with Gasteiger partial charge in [0.2, 0.25) is 0 Å². The van der Waals surface area contributed by atoms with Gasteiger partial charge in [-0.05, 0) is 33.6 Å². The number of hydrogen-bond acceptors (Lipinski definition) is 6. The summed E-state index contributed by atoms with van der Waals surface area (Å²) in [5.41, 5.74) is 3.23. The maximum Gasteiger partial charge on any atom is 0.329 e. The van der Waals surface area contributed by atoms with Gasteiger partial charge in [0, 0.05) is 12.6 Å². The smallest absolute Gasteiger partial charge is 0.262 e. The first-order valence-corrected chi connectivity index (χ1v) is 8.66. The quantitative estimate of drug-likeness (QED) is 0.334. The molecular formula is C14H21N3O4P2. The van der Waals surface area contributed by atoms with Crippen molar-refractivity contribution in [1.82, 2.24) is 15.0 Å². The van der Waals surface area contributed by atoms with Crippen LogP contribution in [0.4, 0.5) is 0 Å². The highest BCUT2D eigenvalue weighted by molar-refractivity contribution is 7.18. The van der Waals surface area contributed by atoms with Gasteiger partial charge in [0.05, 0.1) is 12.2 Å². The lowest BCUT2D eigenvalue weighted by molar-refractivity contribution is 0.0277. The Kier molecular flexibility index (Phi) is 9.72. The molecule has 0 amide bonds. The van der Waals surface area contributed by atoms with E-state index < -0.39 is 23.7 Å². The molecular weight excluding hydrogens is 336 g/mol. The van der Waals surface area contributed by atoms with Gasteiger partial charge in [-0.25, -0.2) is 13.8 Å². The van der Waals surface area contributed by atoms with Crippen molar-refractivity contribution in [1.29, 1.82) is 0 Å². The molecule has 0 saturated heterocycles. The van der Waals surface area contributed by atoms with E-state index in [2.05, 4.69) is 43.2 Å². The Morgan fingerprint density at radius 1 is 1.26 bits per heavy atom. The lowest BCUT2D eigenvalue weighted by Gasteiger charge is -2.06. The molecule has 0 aliphatic heterocycles. The summed E-state index contributed by atoms with van der Waals surface area (Å²) in [7, 11) is -1.07. The zero-order valence-electron chi connectivity index (χ0n) is 13.5. The second-order valence-corrected chi connectivity index (χ2v) is 6.02. The molecule has 9 heteroatoms. The van der Waals surface area contributed by atoms with Crippen LogP contribution in [-0.2, 0) is 31.1 Å². The highest BCUT2D eigenvalue weighted by Crippen LogP contribution is 2.15. The van der Waals surface area contributed by atoms with E-state index in [9.17, 15) is 9.13 Å². The molecule has 0 aliphatic rings. The fourth-order valence-electron chi connectivity index (χ4n) is 1.82. The number of rotatable bonds is 11. The predicted molar refractivity (Wildman–Crippen MR) is 87.3 cm³/mol. The average molecular weight is 357 g/mol. The van der Waals surface area contributed by atoms with Crippen LogP contribution in [0, 0.1) is 0 Å². The summed E-state index contributed by atoms with van der Waals surface area (Å²) in [4.78, 5) is 0. The van der Waals surface area contributed by atoms with Gasteiger partial charge in [-0.15, -0.1) is 5.10 Å². The van der Waals surface area contributed by atoms with Crippen LogP contribution in [0.5, 0.6) is 0 Å². The average Bonchev–Trinajstić information content (AvgIpc) is 2.93. The Hall–Kier alpha value is -1.26. The molecule has 0 radical (unpaired) electrons. The minimum Gasteiger partial charge on any atom is -0.262 e. The molecule has 0 N–H and O–H groups in total. The van der Waals surface area contributed by atoms with Gasteiger partial charge in [-0.3, -0.25) is 9.05 Å². The fourth-order valence-corrected chi connectivity index (χ4v) is 2.32. The zero-order valence-corrected chi connectivity index (χ0v) is 15.3. The SMILES string of the molecule is CC(C)=CCCC(C)=CCn1cc(CC(OP=O)OP=O)nn1. The first kappa shape index (κ1) is 19.8. The van der Waals surface area contributed by atoms with Crippen molar-refractivity contribution >= 4 is 17.4 Å². The van der Waals surface area contributed by atoms with E-state index in [1.165, 1.54) is 11.1 Å². The van der Waals surface area contributed by atoms with Gasteiger partial charge in [0.15, 0.2) is 6.29 Å². The third-order valence-electron chi connectivity index (χ3n) is 3.00. The van der Waals surface area contributed by atoms with Crippen molar-refractivity contribution in [2.45, 2.75) is 52.9 Å². The van der Waals surface area contributed by atoms with E-state index in [-0.39, 0.29) is 6.42 Å². The molecule has 1 heterocycles. The van der Waals surface area contributed by atoms with E-state index in [4.69, 9.17) is 9.05 Å². The highest BCUT2D eigenvalue weighted by Gasteiger charge is 2.14. The number of hydrogen-bond donors (Lipinski definition) is 0. The molecule has 1 aromatic rings. The van der Waals surface area contributed by atoms with Crippen LogP contribution < -0.4 is 0 Å². The minimum absolute atomic E-state index is 0.216. The van der Waals surface area contributed by atoms with Gasteiger partial charge in [-0.2, -0.15) is 0 Å². The van der Waals surface area contributed by atoms with Crippen LogP contribution in [0.1, 0.15) is 39.3 Å². The normalized spacial score (nSPS) is 13.4. The highest BCUT2D eigenvalue weighted by atomic mass is 31.1. The Labute approximate surface area is 139 Å². The van der Waals surface area contributed by atoms with E-state index in [1.54, 1.807) is 10.9 Å². The van der Waals surface area contributed by atoms with Gasteiger partial charge >= 0.3 is 17.4 Å². The van der Waals surface area contributed by atoms with E-state index in [0.29, 0.717) is 12.2 Å². The molecule has 0 aliphatic carbocycles. The van der Waals surface area contributed by atoms with Crippen molar-refractivity contribution in [2.75, 3.05) is 0 Å². The molecule has 23 heavy (non-hydrogen) atoms. The number of nitrogens with zero attached hydrogens (tertiary/aromatic N) is 3. The molecule has 0 bridgehead atoms. The lowest BCUT2D eigenvalue weighted by Crippen LogP contribution is -2.12. The van der Waals surface area contributed by atoms with Crippen LogP contribution in [0.3, 0.4) is 0 Å². The maximum absolute atomic E-state index is 10.4. The number of allylic oxidation sites excluding steroid dienone is 4. The van der Waals surface area contributed by atoms with E-state index >= 15 is 0 Å². The molecule has 7 nitrogen and oxygen atoms in total. The molecule has 0 spiro atoms. The third kappa shape index (κ3) is 8.82. The fraction of sp³-hybridized carbons (Fsp3) is 0.571. The maximum atomic E-state index is 10.4. The van der Waals surface area contributed by atoms with Crippen LogP contribution in [0.2, 0.25) is 0 Å².